The number of aromatic nitrogens is 4. The molecule has 2 fully saturated rings. The van der Waals surface area contributed by atoms with Crippen LogP contribution in [-0.2, 0) is 10.8 Å². The molecule has 3 aromatic rings. The first-order chi connectivity index (χ1) is 21.9. The first-order valence-corrected chi connectivity index (χ1v) is 19.8. The van der Waals surface area contributed by atoms with Crippen LogP contribution in [0.25, 0.3) is 16.7 Å². The molecule has 2 aliphatic rings. The van der Waals surface area contributed by atoms with Gasteiger partial charge in [-0.3, -0.25) is 4.98 Å². The summed E-state index contributed by atoms with van der Waals surface area (Å²) in [6.07, 6.45) is 4.79. The molecule has 0 radical (unpaired) electrons. The summed E-state index contributed by atoms with van der Waals surface area (Å²) in [5.41, 5.74) is 1.51. The molecule has 2 unspecified atom stereocenters. The molecular weight excluding hydrogens is 639 g/mol. The zero-order valence-corrected chi connectivity index (χ0v) is 30.8. The highest BCUT2D eigenvalue weighted by atomic mass is 35.5. The molecule has 1 aliphatic heterocycles. The zero-order chi connectivity index (χ0) is 34.5. The molecule has 0 bridgehead atoms. The van der Waals surface area contributed by atoms with Gasteiger partial charge in [0.05, 0.1) is 16.8 Å². The highest BCUT2D eigenvalue weighted by molar-refractivity contribution is 6.74. The minimum Gasteiger partial charge on any atom is -0.416 e. The molecule has 47 heavy (non-hydrogen) atoms. The lowest BCUT2D eigenvalue weighted by Crippen LogP contribution is -2.57. The van der Waals surface area contributed by atoms with E-state index in [9.17, 15) is 14.0 Å². The molecule has 1 amide bonds. The number of ether oxygens (including phenoxy) is 1. The van der Waals surface area contributed by atoms with Gasteiger partial charge in [0, 0.05) is 38.0 Å². The molecule has 3 aromatic heterocycles. The number of piperazine rings is 1. The molecule has 1 saturated heterocycles. The van der Waals surface area contributed by atoms with Crippen LogP contribution < -0.4 is 15.7 Å². The molecule has 4 heterocycles. The van der Waals surface area contributed by atoms with E-state index in [0.717, 1.165) is 30.9 Å². The fourth-order valence-electron chi connectivity index (χ4n) is 5.76. The van der Waals surface area contributed by atoms with E-state index in [-0.39, 0.29) is 45.4 Å². The number of nitrogens with one attached hydrogen (secondary N) is 1. The number of hydrogen-bond donors (Lipinski definition) is 1. The van der Waals surface area contributed by atoms with Crippen LogP contribution in [0.4, 0.5) is 9.18 Å². The van der Waals surface area contributed by atoms with Gasteiger partial charge < -0.3 is 19.4 Å². The number of aryl methyl sites for hydroxylation is 1. The molecule has 5 rings (SSSR count). The van der Waals surface area contributed by atoms with Gasteiger partial charge in [-0.25, -0.2) is 23.5 Å². The Hall–Kier alpha value is -2.93. The number of rotatable bonds is 9. The number of fused-ring (bicyclic) bond motifs is 1. The SMILES string of the molecule is CC1CN(C(=O)Oc2nc(=O)n(-c3c(CCC4(CO[Si](C)(C)C(C)(C)C)CC4)ccnc3C(C)C)c3nc(Cl)c(F)cc23)C(C)CN1. The Balaban J connectivity index is 1.55. The normalized spacial score (nSPS) is 19.8. The lowest BCUT2D eigenvalue weighted by Gasteiger charge is -2.37. The van der Waals surface area contributed by atoms with Crippen molar-refractivity contribution < 1.29 is 18.3 Å². The van der Waals surface area contributed by atoms with E-state index in [1.165, 1.54) is 4.57 Å². The second kappa shape index (κ2) is 13.2. The topological polar surface area (TPSA) is 111 Å². The minimum atomic E-state index is -1.91. The molecule has 1 saturated carbocycles. The quantitative estimate of drug-likeness (QED) is 0.189. The summed E-state index contributed by atoms with van der Waals surface area (Å²) in [5, 5.41) is 3.09. The van der Waals surface area contributed by atoms with E-state index in [4.69, 9.17) is 20.8 Å². The van der Waals surface area contributed by atoms with Crippen molar-refractivity contribution in [2.24, 2.45) is 5.41 Å². The number of halogens is 2. The van der Waals surface area contributed by atoms with Crippen molar-refractivity contribution in [3.8, 4) is 11.6 Å². The van der Waals surface area contributed by atoms with Gasteiger partial charge in [0.25, 0.3) is 0 Å². The second-order valence-electron chi connectivity index (χ2n) is 15.3. The molecule has 13 heteroatoms. The van der Waals surface area contributed by atoms with E-state index in [0.29, 0.717) is 37.5 Å². The summed E-state index contributed by atoms with van der Waals surface area (Å²) >= 11 is 6.22. The Labute approximate surface area is 282 Å². The average molecular weight is 687 g/mol. The van der Waals surface area contributed by atoms with Crippen molar-refractivity contribution in [3.63, 3.8) is 0 Å². The van der Waals surface area contributed by atoms with E-state index >= 15 is 0 Å². The van der Waals surface area contributed by atoms with Gasteiger partial charge in [0.1, 0.15) is 0 Å². The van der Waals surface area contributed by atoms with Crippen molar-refractivity contribution in [1.82, 2.24) is 29.7 Å². The maximum atomic E-state index is 15.0. The highest BCUT2D eigenvalue weighted by Gasteiger charge is 2.46. The van der Waals surface area contributed by atoms with Gasteiger partial charge in [-0.15, -0.1) is 0 Å². The largest absolute Gasteiger partial charge is 0.416 e. The van der Waals surface area contributed by atoms with E-state index < -0.39 is 31.1 Å². The Morgan fingerprint density at radius 2 is 1.94 bits per heavy atom. The standard InChI is InChI=1S/C34H48ClFN6O4Si/c1-20(2)26-27(23(11-15-37-26)10-12-34(13-14-34)19-45-47(8,9)33(5,6)7)42-29-24(16-25(36)28(35)39-29)30(40-31(42)43)46-32(44)41-18-21(3)38-17-22(41)4/h11,15-16,20-22,38H,10,12-14,17-19H2,1-9H3. The summed E-state index contributed by atoms with van der Waals surface area (Å²) in [4.78, 5) is 42.0. The molecule has 256 valence electrons. The number of nitrogens with zero attached hydrogens (tertiary/aromatic N) is 5. The third-order valence-corrected chi connectivity index (χ3v) is 14.9. The van der Waals surface area contributed by atoms with Crippen LogP contribution in [0.15, 0.2) is 23.1 Å². The average Bonchev–Trinajstić information content (AvgIpc) is 3.77. The van der Waals surface area contributed by atoms with Crippen molar-refractivity contribution in [2.45, 2.75) is 110 Å². The smallest absolute Gasteiger partial charge is 0.416 e. The lowest BCUT2D eigenvalue weighted by molar-refractivity contribution is 0.112. The first kappa shape index (κ1) is 35.4. The fraction of sp³-hybridized carbons (Fsp3) is 0.618. The molecule has 1 aliphatic carbocycles. The van der Waals surface area contributed by atoms with Gasteiger partial charge in [0.15, 0.2) is 24.9 Å². The number of hydrogen-bond acceptors (Lipinski definition) is 8. The van der Waals surface area contributed by atoms with Crippen molar-refractivity contribution >= 4 is 37.0 Å². The van der Waals surface area contributed by atoms with Crippen LogP contribution in [-0.4, -0.2) is 70.6 Å². The summed E-state index contributed by atoms with van der Waals surface area (Å²) in [6.45, 7) is 20.9. The Morgan fingerprint density at radius 3 is 2.57 bits per heavy atom. The van der Waals surface area contributed by atoms with Crippen LogP contribution in [0.3, 0.4) is 0 Å². The molecular formula is C34H48ClFN6O4Si. The van der Waals surface area contributed by atoms with Gasteiger partial charge in [-0.1, -0.05) is 46.2 Å². The van der Waals surface area contributed by atoms with E-state index in [1.807, 2.05) is 33.8 Å². The van der Waals surface area contributed by atoms with E-state index in [1.54, 1.807) is 11.1 Å². The Kier molecular flexibility index (Phi) is 9.91. The van der Waals surface area contributed by atoms with Crippen LogP contribution in [0.5, 0.6) is 5.88 Å². The van der Waals surface area contributed by atoms with Crippen LogP contribution >= 0.6 is 11.6 Å². The predicted molar refractivity (Wildman–Crippen MR) is 185 cm³/mol. The fourth-order valence-corrected chi connectivity index (χ4v) is 6.99. The van der Waals surface area contributed by atoms with Gasteiger partial charge in [0.2, 0.25) is 5.88 Å². The maximum absolute atomic E-state index is 15.0. The number of carbonyl (C=O) groups excluding carboxylic acids is 1. The van der Waals surface area contributed by atoms with Gasteiger partial charge >= 0.3 is 11.8 Å². The van der Waals surface area contributed by atoms with Crippen LogP contribution in [0, 0.1) is 11.2 Å². The molecule has 0 aromatic carbocycles. The van der Waals surface area contributed by atoms with Crippen LogP contribution in [0.1, 0.15) is 84.9 Å². The summed E-state index contributed by atoms with van der Waals surface area (Å²) < 4.78 is 28.6. The molecule has 0 spiro atoms. The van der Waals surface area contributed by atoms with Crippen molar-refractivity contribution in [3.05, 3.63) is 51.0 Å². The second-order valence-corrected chi connectivity index (χ2v) is 20.4. The summed E-state index contributed by atoms with van der Waals surface area (Å²) in [7, 11) is -1.91. The Morgan fingerprint density at radius 1 is 1.23 bits per heavy atom. The minimum absolute atomic E-state index is 0.0412. The van der Waals surface area contributed by atoms with Crippen molar-refractivity contribution in [1.29, 1.82) is 0 Å². The van der Waals surface area contributed by atoms with Crippen molar-refractivity contribution in [2.75, 3.05) is 19.7 Å². The monoisotopic (exact) mass is 686 g/mol. The number of amides is 1. The third kappa shape index (κ3) is 7.40. The predicted octanol–water partition coefficient (Wildman–Crippen LogP) is 7.01. The Bertz CT molecular complexity index is 1720. The lowest BCUT2D eigenvalue weighted by atomic mass is 9.95. The first-order valence-electron chi connectivity index (χ1n) is 16.6. The third-order valence-electron chi connectivity index (χ3n) is 10.2. The van der Waals surface area contributed by atoms with Gasteiger partial charge in [-0.2, -0.15) is 4.98 Å². The van der Waals surface area contributed by atoms with Gasteiger partial charge in [-0.05, 0) is 86.7 Å². The van der Waals surface area contributed by atoms with Crippen LogP contribution in [0.2, 0.25) is 23.3 Å². The number of carbonyl (C=O) groups is 1. The molecule has 1 N–H and O–H groups in total. The summed E-state index contributed by atoms with van der Waals surface area (Å²) in [5.74, 6) is -1.20. The van der Waals surface area contributed by atoms with E-state index in [2.05, 4.69) is 54.1 Å². The highest BCUT2D eigenvalue weighted by Crippen LogP contribution is 2.51. The molecule has 2 atom stereocenters. The maximum Gasteiger partial charge on any atom is 0.416 e. The zero-order valence-electron chi connectivity index (χ0n) is 29.0. The summed E-state index contributed by atoms with van der Waals surface area (Å²) in [6, 6.07) is 2.93. The molecule has 10 nitrogen and oxygen atoms in total. The number of pyridine rings is 2.